The molecule has 3 nitrogen and oxygen atoms in total. The zero-order chi connectivity index (χ0) is 14.1. The Morgan fingerprint density at radius 1 is 1.42 bits per heavy atom. The number of aryl methyl sites for hydroxylation is 1. The molecule has 1 aliphatic rings. The van der Waals surface area contributed by atoms with Crippen molar-refractivity contribution in [3.63, 3.8) is 0 Å². The molecule has 19 heavy (non-hydrogen) atoms. The summed E-state index contributed by atoms with van der Waals surface area (Å²) in [5.74, 6) is 0.831. The van der Waals surface area contributed by atoms with Crippen LogP contribution in [0.2, 0.25) is 0 Å². The molecule has 0 atom stereocenters. The van der Waals surface area contributed by atoms with Gasteiger partial charge in [0.15, 0.2) is 0 Å². The summed E-state index contributed by atoms with van der Waals surface area (Å²) >= 11 is 0. The van der Waals surface area contributed by atoms with Crippen molar-refractivity contribution in [1.82, 2.24) is 9.78 Å². The molecule has 0 aliphatic heterocycles. The van der Waals surface area contributed by atoms with Gasteiger partial charge in [-0.1, -0.05) is 27.2 Å². The van der Waals surface area contributed by atoms with Crippen LogP contribution in [0.1, 0.15) is 58.6 Å². The minimum atomic E-state index is -0.0331. The van der Waals surface area contributed by atoms with Crippen molar-refractivity contribution >= 4 is 0 Å². The van der Waals surface area contributed by atoms with Gasteiger partial charge in [-0.15, -0.1) is 0 Å². The van der Waals surface area contributed by atoms with Crippen LogP contribution >= 0.6 is 0 Å². The van der Waals surface area contributed by atoms with Gasteiger partial charge in [0, 0.05) is 25.2 Å². The smallest absolute Gasteiger partial charge is 0.0642 e. The highest BCUT2D eigenvalue weighted by atomic mass is 15.2. The number of nitrogens with two attached hydrogens (primary N) is 1. The van der Waals surface area contributed by atoms with Crippen LogP contribution < -0.4 is 5.73 Å². The first-order valence-corrected chi connectivity index (χ1v) is 7.62. The molecule has 2 rings (SSSR count). The summed E-state index contributed by atoms with van der Waals surface area (Å²) in [4.78, 5) is 0. The molecule has 1 aliphatic carbocycles. The van der Waals surface area contributed by atoms with E-state index in [1.165, 1.54) is 19.3 Å². The summed E-state index contributed by atoms with van der Waals surface area (Å²) in [5.41, 5.74) is 8.17. The number of aromatic nitrogens is 2. The Morgan fingerprint density at radius 2 is 2.05 bits per heavy atom. The molecule has 0 saturated heterocycles. The molecular weight excluding hydrogens is 234 g/mol. The highest BCUT2D eigenvalue weighted by Gasteiger charge is 2.37. The first-order chi connectivity index (χ1) is 8.85. The Balaban J connectivity index is 1.94. The molecule has 0 radical (unpaired) electrons. The lowest BCUT2D eigenvalue weighted by Crippen LogP contribution is -2.47. The summed E-state index contributed by atoms with van der Waals surface area (Å²) in [6, 6.07) is 2.09. The lowest BCUT2D eigenvalue weighted by atomic mass is 9.65. The first-order valence-electron chi connectivity index (χ1n) is 7.62. The number of hydrogen-bond donors (Lipinski definition) is 1. The van der Waals surface area contributed by atoms with E-state index in [1.807, 2.05) is 17.9 Å². The highest BCUT2D eigenvalue weighted by molar-refractivity contribution is 5.07. The van der Waals surface area contributed by atoms with Crippen LogP contribution in [0.5, 0.6) is 0 Å². The van der Waals surface area contributed by atoms with Gasteiger partial charge in [-0.3, -0.25) is 4.68 Å². The molecule has 108 valence electrons. The Kier molecular flexibility index (Phi) is 4.05. The molecule has 1 saturated carbocycles. The van der Waals surface area contributed by atoms with Gasteiger partial charge in [0.05, 0.1) is 5.69 Å². The molecule has 1 aromatic heterocycles. The fourth-order valence-electron chi connectivity index (χ4n) is 3.36. The number of hydrogen-bond acceptors (Lipinski definition) is 2. The molecule has 1 heterocycles. The van der Waals surface area contributed by atoms with Gasteiger partial charge in [-0.05, 0) is 43.1 Å². The van der Waals surface area contributed by atoms with Crippen LogP contribution in [0.25, 0.3) is 0 Å². The largest absolute Gasteiger partial charge is 0.325 e. The third-order valence-corrected chi connectivity index (χ3v) is 5.30. The molecule has 0 aromatic carbocycles. The summed E-state index contributed by atoms with van der Waals surface area (Å²) in [7, 11) is 1.97. The second kappa shape index (κ2) is 5.28. The molecule has 2 N–H and O–H groups in total. The number of rotatable bonds is 4. The van der Waals surface area contributed by atoms with Crippen molar-refractivity contribution in [3.8, 4) is 0 Å². The average molecular weight is 263 g/mol. The molecule has 0 spiro atoms. The molecule has 1 aromatic rings. The van der Waals surface area contributed by atoms with Crippen LogP contribution in [0.15, 0.2) is 12.3 Å². The van der Waals surface area contributed by atoms with Crippen LogP contribution in [0.4, 0.5) is 0 Å². The van der Waals surface area contributed by atoms with Gasteiger partial charge in [0.25, 0.3) is 0 Å². The van der Waals surface area contributed by atoms with Crippen LogP contribution in [-0.4, -0.2) is 15.3 Å². The highest BCUT2D eigenvalue weighted by Crippen LogP contribution is 2.43. The van der Waals surface area contributed by atoms with Crippen molar-refractivity contribution in [2.24, 2.45) is 24.1 Å². The Labute approximate surface area is 117 Å². The van der Waals surface area contributed by atoms with E-state index in [4.69, 9.17) is 5.73 Å². The molecule has 0 bridgehead atoms. The topological polar surface area (TPSA) is 43.8 Å². The molecule has 0 amide bonds. The van der Waals surface area contributed by atoms with Gasteiger partial charge in [0.1, 0.15) is 0 Å². The Bertz CT molecular complexity index is 411. The predicted molar refractivity (Wildman–Crippen MR) is 79.9 cm³/mol. The van der Waals surface area contributed by atoms with Crippen LogP contribution in [-0.2, 0) is 13.5 Å². The lowest BCUT2D eigenvalue weighted by molar-refractivity contribution is 0.115. The summed E-state index contributed by atoms with van der Waals surface area (Å²) in [6.07, 6.45) is 9.00. The zero-order valence-electron chi connectivity index (χ0n) is 12.9. The van der Waals surface area contributed by atoms with E-state index in [0.29, 0.717) is 5.41 Å². The lowest BCUT2D eigenvalue weighted by Gasteiger charge is -2.43. The predicted octanol–water partition coefficient (Wildman–Crippen LogP) is 3.29. The molecule has 3 heteroatoms. The minimum absolute atomic E-state index is 0.0331. The third-order valence-electron chi connectivity index (χ3n) is 5.30. The average Bonchev–Trinajstić information content (AvgIpc) is 2.74. The van der Waals surface area contributed by atoms with Gasteiger partial charge >= 0.3 is 0 Å². The maximum absolute atomic E-state index is 6.60. The third kappa shape index (κ3) is 3.38. The van der Waals surface area contributed by atoms with Gasteiger partial charge in [0.2, 0.25) is 0 Å². The SMILES string of the molecule is CCC(C)(C)C1CCC(N)(Cc2ccn(C)n2)CC1. The monoisotopic (exact) mass is 263 g/mol. The van der Waals surface area contributed by atoms with Gasteiger partial charge in [-0.2, -0.15) is 5.10 Å². The van der Waals surface area contributed by atoms with Crippen molar-refractivity contribution in [2.45, 2.75) is 64.8 Å². The Morgan fingerprint density at radius 3 is 2.53 bits per heavy atom. The van der Waals surface area contributed by atoms with Crippen LogP contribution in [0, 0.1) is 11.3 Å². The van der Waals surface area contributed by atoms with E-state index in [1.54, 1.807) is 0 Å². The summed E-state index contributed by atoms with van der Waals surface area (Å²) in [5, 5.41) is 4.47. The van der Waals surface area contributed by atoms with Gasteiger partial charge in [-0.25, -0.2) is 0 Å². The quantitative estimate of drug-likeness (QED) is 0.906. The van der Waals surface area contributed by atoms with Crippen molar-refractivity contribution < 1.29 is 0 Å². The molecule has 0 unspecified atom stereocenters. The van der Waals surface area contributed by atoms with Crippen LogP contribution in [0.3, 0.4) is 0 Å². The molecule has 1 fully saturated rings. The van der Waals surface area contributed by atoms with Crippen molar-refractivity contribution in [1.29, 1.82) is 0 Å². The maximum Gasteiger partial charge on any atom is 0.0642 e. The van der Waals surface area contributed by atoms with E-state index in [0.717, 1.165) is 30.9 Å². The van der Waals surface area contributed by atoms with E-state index >= 15 is 0 Å². The van der Waals surface area contributed by atoms with E-state index in [9.17, 15) is 0 Å². The fourth-order valence-corrected chi connectivity index (χ4v) is 3.36. The summed E-state index contributed by atoms with van der Waals surface area (Å²) in [6.45, 7) is 7.11. The van der Waals surface area contributed by atoms with Crippen molar-refractivity contribution in [3.05, 3.63) is 18.0 Å². The van der Waals surface area contributed by atoms with E-state index in [2.05, 4.69) is 31.9 Å². The second-order valence-corrected chi connectivity index (χ2v) is 7.14. The maximum atomic E-state index is 6.60. The standard InChI is InChI=1S/C16H29N3/c1-5-15(2,3)13-6-9-16(17,10-7-13)12-14-8-11-19(4)18-14/h8,11,13H,5-7,9-10,12,17H2,1-4H3. The van der Waals surface area contributed by atoms with E-state index < -0.39 is 0 Å². The minimum Gasteiger partial charge on any atom is -0.325 e. The second-order valence-electron chi connectivity index (χ2n) is 7.14. The normalized spacial score (nSPS) is 28.6. The molecular formula is C16H29N3. The van der Waals surface area contributed by atoms with Crippen molar-refractivity contribution in [2.75, 3.05) is 0 Å². The first kappa shape index (κ1) is 14.6. The number of nitrogens with zero attached hydrogens (tertiary/aromatic N) is 2. The van der Waals surface area contributed by atoms with Gasteiger partial charge < -0.3 is 5.73 Å². The van der Waals surface area contributed by atoms with E-state index in [-0.39, 0.29) is 5.54 Å². The fraction of sp³-hybridized carbons (Fsp3) is 0.812. The Hall–Kier alpha value is -0.830. The zero-order valence-corrected chi connectivity index (χ0v) is 12.9. The summed E-state index contributed by atoms with van der Waals surface area (Å²) < 4.78 is 1.87.